The van der Waals surface area contributed by atoms with Crippen molar-refractivity contribution in [2.24, 2.45) is 0 Å². The largest absolute Gasteiger partial charge is 0.380 e. The Morgan fingerprint density at radius 1 is 1.00 bits per heavy atom. The van der Waals surface area contributed by atoms with Crippen LogP contribution in [-0.4, -0.2) is 6.41 Å². The van der Waals surface area contributed by atoms with E-state index in [1.54, 1.807) is 0 Å². The van der Waals surface area contributed by atoms with E-state index in [1.807, 2.05) is 24.3 Å². The third kappa shape index (κ3) is 3.67. The smallest absolute Gasteiger partial charge is 0.239 e. The van der Waals surface area contributed by atoms with E-state index in [0.29, 0.717) is 12.2 Å². The number of hydroxylamine groups is 1. The van der Waals surface area contributed by atoms with Gasteiger partial charge in [-0.3, -0.25) is 4.79 Å². The number of carbonyl (C=O) groups excluding carboxylic acids is 1. The minimum Gasteiger partial charge on any atom is -0.380 e. The maximum Gasteiger partial charge on any atom is 0.239 e. The van der Waals surface area contributed by atoms with Crippen molar-refractivity contribution in [1.29, 1.82) is 0 Å². The lowest BCUT2D eigenvalue weighted by Crippen LogP contribution is -2.19. The Balaban J connectivity index is 2.19. The van der Waals surface area contributed by atoms with E-state index in [1.165, 1.54) is 23.1 Å². The standard InChI is InChI=1S/C19H23NO2/c1-4-5-15-6-8-16(9-7-15)19(2,3)17-10-12-18(13-11-17)22-20-14-21/h6-14H,4-5H2,1-3H3,(H,20,21). The predicted molar refractivity (Wildman–Crippen MR) is 88.8 cm³/mol. The molecule has 0 saturated heterocycles. The molecule has 2 aromatic rings. The number of hydrogen-bond donors (Lipinski definition) is 1. The van der Waals surface area contributed by atoms with Gasteiger partial charge in [-0.05, 0) is 35.2 Å². The van der Waals surface area contributed by atoms with Crippen molar-refractivity contribution in [2.45, 2.75) is 39.0 Å². The fourth-order valence-corrected chi connectivity index (χ4v) is 2.58. The predicted octanol–water partition coefficient (Wildman–Crippen LogP) is 4.00. The van der Waals surface area contributed by atoms with E-state index in [4.69, 9.17) is 4.84 Å². The number of carbonyl (C=O) groups is 1. The highest BCUT2D eigenvalue weighted by atomic mass is 16.6. The molecule has 0 aliphatic carbocycles. The summed E-state index contributed by atoms with van der Waals surface area (Å²) in [6, 6.07) is 16.6. The first-order chi connectivity index (χ1) is 10.6. The van der Waals surface area contributed by atoms with Crippen molar-refractivity contribution in [2.75, 3.05) is 0 Å². The van der Waals surface area contributed by atoms with Gasteiger partial charge < -0.3 is 4.84 Å². The Labute approximate surface area is 132 Å². The van der Waals surface area contributed by atoms with Gasteiger partial charge in [0.15, 0.2) is 5.75 Å². The van der Waals surface area contributed by atoms with Gasteiger partial charge in [-0.1, -0.05) is 63.6 Å². The van der Waals surface area contributed by atoms with Gasteiger partial charge in [0.05, 0.1) is 0 Å². The minimum absolute atomic E-state index is 0.0820. The summed E-state index contributed by atoms with van der Waals surface area (Å²) in [5.41, 5.74) is 5.98. The normalized spacial score (nSPS) is 11.0. The number of nitrogens with one attached hydrogen (secondary N) is 1. The van der Waals surface area contributed by atoms with E-state index >= 15 is 0 Å². The van der Waals surface area contributed by atoms with Crippen LogP contribution in [0.3, 0.4) is 0 Å². The Kier molecular flexibility index (Phi) is 5.21. The molecule has 22 heavy (non-hydrogen) atoms. The molecule has 0 fully saturated rings. The van der Waals surface area contributed by atoms with Crippen LogP contribution in [0.25, 0.3) is 0 Å². The van der Waals surface area contributed by atoms with Crippen LogP contribution in [0.1, 0.15) is 43.9 Å². The van der Waals surface area contributed by atoms with Crippen molar-refractivity contribution in [3.63, 3.8) is 0 Å². The molecule has 0 unspecified atom stereocenters. The summed E-state index contributed by atoms with van der Waals surface area (Å²) >= 11 is 0. The van der Waals surface area contributed by atoms with Crippen LogP contribution < -0.4 is 10.3 Å². The van der Waals surface area contributed by atoms with Gasteiger partial charge in [0.1, 0.15) is 0 Å². The van der Waals surface area contributed by atoms with Crippen LogP contribution in [0.5, 0.6) is 5.75 Å². The van der Waals surface area contributed by atoms with Crippen LogP contribution >= 0.6 is 0 Å². The molecule has 0 spiro atoms. The van der Waals surface area contributed by atoms with Crippen LogP contribution in [0, 0.1) is 0 Å². The highest BCUT2D eigenvalue weighted by molar-refractivity contribution is 5.45. The SMILES string of the molecule is CCCc1ccc(C(C)(C)c2ccc(ONC=O)cc2)cc1. The van der Waals surface area contributed by atoms with E-state index in [2.05, 4.69) is 50.5 Å². The monoisotopic (exact) mass is 297 g/mol. The second-order valence-corrected chi connectivity index (χ2v) is 5.93. The van der Waals surface area contributed by atoms with E-state index in [9.17, 15) is 4.79 Å². The highest BCUT2D eigenvalue weighted by Crippen LogP contribution is 2.32. The lowest BCUT2D eigenvalue weighted by molar-refractivity contribution is -0.115. The Hall–Kier alpha value is -2.29. The third-order valence-electron chi connectivity index (χ3n) is 4.02. The third-order valence-corrected chi connectivity index (χ3v) is 4.02. The number of rotatable bonds is 7. The van der Waals surface area contributed by atoms with Gasteiger partial charge in [-0.25, -0.2) is 0 Å². The molecular formula is C19H23NO2. The molecule has 0 atom stereocenters. The van der Waals surface area contributed by atoms with Gasteiger partial charge in [0.2, 0.25) is 6.41 Å². The second kappa shape index (κ2) is 7.12. The average Bonchev–Trinajstić information content (AvgIpc) is 2.54. The lowest BCUT2D eigenvalue weighted by atomic mass is 9.78. The van der Waals surface area contributed by atoms with Gasteiger partial charge in [0.25, 0.3) is 0 Å². The molecule has 3 heteroatoms. The number of benzene rings is 2. The fourth-order valence-electron chi connectivity index (χ4n) is 2.58. The van der Waals surface area contributed by atoms with Gasteiger partial charge in [-0.2, -0.15) is 5.48 Å². The molecule has 1 amide bonds. The summed E-state index contributed by atoms with van der Waals surface area (Å²) < 4.78 is 0. The van der Waals surface area contributed by atoms with E-state index in [-0.39, 0.29) is 5.41 Å². The highest BCUT2D eigenvalue weighted by Gasteiger charge is 2.22. The van der Waals surface area contributed by atoms with Crippen LogP contribution in [-0.2, 0) is 16.6 Å². The fraction of sp³-hybridized carbons (Fsp3) is 0.316. The maximum absolute atomic E-state index is 10.2. The molecule has 3 nitrogen and oxygen atoms in total. The quantitative estimate of drug-likeness (QED) is 0.619. The minimum atomic E-state index is -0.0820. The van der Waals surface area contributed by atoms with Crippen molar-refractivity contribution >= 4 is 6.41 Å². The number of amides is 1. The molecule has 1 N–H and O–H groups in total. The first kappa shape index (κ1) is 16.1. The lowest BCUT2D eigenvalue weighted by Gasteiger charge is -2.26. The molecule has 2 rings (SSSR count). The van der Waals surface area contributed by atoms with Gasteiger partial charge in [0, 0.05) is 5.41 Å². The zero-order valence-corrected chi connectivity index (χ0v) is 13.4. The second-order valence-electron chi connectivity index (χ2n) is 5.93. The Morgan fingerprint density at radius 3 is 2.05 bits per heavy atom. The van der Waals surface area contributed by atoms with Crippen molar-refractivity contribution in [1.82, 2.24) is 5.48 Å². The summed E-state index contributed by atoms with van der Waals surface area (Å²) in [5, 5.41) is 0. The van der Waals surface area contributed by atoms with E-state index in [0.717, 1.165) is 6.42 Å². The first-order valence-electron chi connectivity index (χ1n) is 7.64. The van der Waals surface area contributed by atoms with Gasteiger partial charge in [-0.15, -0.1) is 0 Å². The molecule has 2 aromatic carbocycles. The zero-order chi connectivity index (χ0) is 16.0. The topological polar surface area (TPSA) is 38.3 Å². The first-order valence-corrected chi connectivity index (χ1v) is 7.64. The Morgan fingerprint density at radius 2 is 1.55 bits per heavy atom. The number of hydrogen-bond acceptors (Lipinski definition) is 2. The summed E-state index contributed by atoms with van der Waals surface area (Å²) in [4.78, 5) is 15.3. The summed E-state index contributed by atoms with van der Waals surface area (Å²) in [5.74, 6) is 0.616. The van der Waals surface area contributed by atoms with Gasteiger partial charge >= 0.3 is 0 Å². The molecule has 0 aliphatic rings. The Bertz CT molecular complexity index is 600. The van der Waals surface area contributed by atoms with Crippen LogP contribution in [0.2, 0.25) is 0 Å². The molecular weight excluding hydrogens is 274 g/mol. The summed E-state index contributed by atoms with van der Waals surface area (Å²) in [7, 11) is 0. The number of aryl methyl sites for hydroxylation is 1. The summed E-state index contributed by atoms with van der Waals surface area (Å²) in [6.07, 6.45) is 2.80. The van der Waals surface area contributed by atoms with E-state index < -0.39 is 0 Å². The molecule has 0 aromatic heterocycles. The van der Waals surface area contributed by atoms with Crippen molar-refractivity contribution < 1.29 is 9.63 Å². The average molecular weight is 297 g/mol. The molecule has 0 radical (unpaired) electrons. The van der Waals surface area contributed by atoms with Crippen LogP contribution in [0.15, 0.2) is 48.5 Å². The molecule has 0 bridgehead atoms. The van der Waals surface area contributed by atoms with Crippen molar-refractivity contribution in [3.8, 4) is 5.75 Å². The molecule has 0 aliphatic heterocycles. The molecule has 116 valence electrons. The maximum atomic E-state index is 10.2. The summed E-state index contributed by atoms with van der Waals surface area (Å²) in [6.45, 7) is 6.61. The molecule has 0 saturated carbocycles. The molecule has 0 heterocycles. The van der Waals surface area contributed by atoms with Crippen molar-refractivity contribution in [3.05, 3.63) is 65.2 Å². The van der Waals surface area contributed by atoms with Crippen LogP contribution in [0.4, 0.5) is 0 Å². The zero-order valence-electron chi connectivity index (χ0n) is 13.4.